The zero-order valence-electron chi connectivity index (χ0n) is 41.8. The lowest BCUT2D eigenvalue weighted by molar-refractivity contribution is 1.17. The summed E-state index contributed by atoms with van der Waals surface area (Å²) in [5.74, 6) is 0. The molecule has 356 valence electrons. The van der Waals surface area contributed by atoms with Crippen LogP contribution in [-0.2, 0) is 0 Å². The molecular formula is C72H50N2Si2. The van der Waals surface area contributed by atoms with Gasteiger partial charge in [0, 0.05) is 32.9 Å². The molecule has 12 aromatic carbocycles. The third-order valence-corrected chi connectivity index (χ3v) is 26.2. The Kier molecular flexibility index (Phi) is 10.3. The molecule has 0 radical (unpaired) electrons. The van der Waals surface area contributed by atoms with E-state index >= 15 is 0 Å². The van der Waals surface area contributed by atoms with E-state index in [0.717, 1.165) is 11.4 Å². The van der Waals surface area contributed by atoms with Crippen molar-refractivity contribution in [2.45, 2.75) is 0 Å². The fourth-order valence-electron chi connectivity index (χ4n) is 13.5. The van der Waals surface area contributed by atoms with Gasteiger partial charge in [-0.1, -0.05) is 249 Å². The summed E-state index contributed by atoms with van der Waals surface area (Å²) < 4.78 is 4.93. The van der Waals surface area contributed by atoms with E-state index in [-0.39, 0.29) is 0 Å². The normalized spacial score (nSPS) is 12.8. The summed E-state index contributed by atoms with van der Waals surface area (Å²) in [6.07, 6.45) is 0. The van der Waals surface area contributed by atoms with E-state index in [1.807, 2.05) is 0 Å². The highest BCUT2D eigenvalue weighted by Gasteiger charge is 2.49. The highest BCUT2D eigenvalue weighted by atomic mass is 28.3. The van der Waals surface area contributed by atoms with Crippen LogP contribution in [-0.4, -0.2) is 25.3 Å². The number of nitrogens with zero attached hydrogens (tertiary/aromatic N) is 2. The van der Waals surface area contributed by atoms with Crippen LogP contribution in [0.4, 0.5) is 0 Å². The number of hydrogen-bond acceptors (Lipinski definition) is 0. The Morgan fingerprint density at radius 3 is 1.25 bits per heavy atom. The first-order chi connectivity index (χ1) is 37.7. The SMILES string of the molecule is c1ccc([Si](c2ccccc2)(c2ccccc2)c2ccc(-n3c4ccccc4c4cc(-n5c6ccccc6c6cc(-c7cccc8c7-c7ccccc7[Si]8(c7ccccc7)c7ccccc7)ccc65)ccc43)cc2)cc1. The third kappa shape index (κ3) is 6.45. The van der Waals surface area contributed by atoms with Crippen molar-refractivity contribution in [3.05, 3.63) is 303 Å². The molecule has 0 saturated heterocycles. The molecule has 0 fully saturated rings. The summed E-state index contributed by atoms with van der Waals surface area (Å²) in [5.41, 5.74) is 12.3. The molecule has 1 aliphatic rings. The first-order valence-corrected chi connectivity index (χ1v) is 30.4. The van der Waals surface area contributed by atoms with Gasteiger partial charge in [-0.2, -0.15) is 0 Å². The van der Waals surface area contributed by atoms with Crippen LogP contribution in [0.3, 0.4) is 0 Å². The third-order valence-electron chi connectivity index (χ3n) is 16.6. The van der Waals surface area contributed by atoms with Crippen LogP contribution in [0, 0.1) is 0 Å². The predicted octanol–water partition coefficient (Wildman–Crippen LogP) is 12.3. The number of para-hydroxylation sites is 2. The topological polar surface area (TPSA) is 9.86 Å². The van der Waals surface area contributed by atoms with E-state index in [1.54, 1.807) is 0 Å². The van der Waals surface area contributed by atoms with Crippen LogP contribution in [0.2, 0.25) is 0 Å². The van der Waals surface area contributed by atoms with Gasteiger partial charge in [-0.05, 0) is 118 Å². The molecule has 4 heteroatoms. The first-order valence-electron chi connectivity index (χ1n) is 26.4. The molecule has 0 aliphatic carbocycles. The van der Waals surface area contributed by atoms with E-state index in [2.05, 4.69) is 312 Å². The molecule has 2 aromatic heterocycles. The van der Waals surface area contributed by atoms with Crippen molar-refractivity contribution in [2.75, 3.05) is 0 Å². The molecule has 0 atom stereocenters. The molecule has 14 aromatic rings. The molecule has 3 heterocycles. The maximum atomic E-state index is 2.48. The van der Waals surface area contributed by atoms with Gasteiger partial charge in [-0.25, -0.2) is 0 Å². The minimum Gasteiger partial charge on any atom is -0.309 e. The Bertz CT molecular complexity index is 4350. The van der Waals surface area contributed by atoms with Crippen molar-refractivity contribution < 1.29 is 0 Å². The lowest BCUT2D eigenvalue weighted by atomic mass is 9.94. The highest BCUT2D eigenvalue weighted by molar-refractivity contribution is 7.22. The monoisotopic (exact) mass is 998 g/mol. The Morgan fingerprint density at radius 1 is 0.263 bits per heavy atom. The summed E-state index contributed by atoms with van der Waals surface area (Å²) in [6.45, 7) is 0. The molecule has 0 spiro atoms. The number of aromatic nitrogens is 2. The Labute approximate surface area is 444 Å². The zero-order chi connectivity index (χ0) is 50.2. The molecular weight excluding hydrogens is 949 g/mol. The molecule has 0 bridgehead atoms. The number of benzene rings is 12. The maximum absolute atomic E-state index is 2.68. The standard InChI is InChI=1S/C72H50N2Si2/c1-6-23-54(24-7-1)75(55-25-8-2-9-26-55,56-27-10-3-11-28-56)59-45-42-52(43-46-59)73-66-37-19-17-34-62(66)65-50-53(44-48-69(65)73)74-67-38-20-16-33-61(67)64-49-51(41-47-68(64)74)60-36-22-40-71-72(60)63-35-18-21-39-70(63)76(71,57-29-12-4-13-30-57)58-31-14-5-15-32-58/h1-50H. The van der Waals surface area contributed by atoms with Crippen molar-refractivity contribution >= 4 is 101 Å². The average molecular weight is 999 g/mol. The van der Waals surface area contributed by atoms with Crippen LogP contribution in [0.15, 0.2) is 303 Å². The largest absolute Gasteiger partial charge is 0.309 e. The van der Waals surface area contributed by atoms with Gasteiger partial charge in [-0.3, -0.25) is 0 Å². The van der Waals surface area contributed by atoms with Crippen LogP contribution in [0.1, 0.15) is 0 Å². The fraction of sp³-hybridized carbons (Fsp3) is 0. The van der Waals surface area contributed by atoms with Crippen molar-refractivity contribution in [2.24, 2.45) is 0 Å². The van der Waals surface area contributed by atoms with Gasteiger partial charge in [0.15, 0.2) is 16.1 Å². The van der Waals surface area contributed by atoms with Crippen molar-refractivity contribution in [1.82, 2.24) is 9.13 Å². The van der Waals surface area contributed by atoms with Gasteiger partial charge in [0.25, 0.3) is 0 Å². The predicted molar refractivity (Wildman–Crippen MR) is 327 cm³/mol. The number of rotatable bonds is 9. The van der Waals surface area contributed by atoms with E-state index in [1.165, 1.54) is 107 Å². The quantitative estimate of drug-likeness (QED) is 0.101. The number of hydrogen-bond donors (Lipinski definition) is 0. The molecule has 0 saturated carbocycles. The van der Waals surface area contributed by atoms with Crippen LogP contribution >= 0.6 is 0 Å². The Hall–Kier alpha value is -9.33. The van der Waals surface area contributed by atoms with Gasteiger partial charge in [0.2, 0.25) is 0 Å². The van der Waals surface area contributed by atoms with E-state index in [9.17, 15) is 0 Å². The summed E-state index contributed by atoms with van der Waals surface area (Å²) in [4.78, 5) is 0. The van der Waals surface area contributed by atoms with Crippen LogP contribution in [0.5, 0.6) is 0 Å². The van der Waals surface area contributed by atoms with Gasteiger partial charge in [-0.15, -0.1) is 0 Å². The Morgan fingerprint density at radius 2 is 0.671 bits per heavy atom. The smallest absolute Gasteiger partial charge is 0.180 e. The molecule has 0 unspecified atom stereocenters. The molecule has 0 N–H and O–H groups in total. The highest BCUT2D eigenvalue weighted by Crippen LogP contribution is 2.41. The van der Waals surface area contributed by atoms with Gasteiger partial charge < -0.3 is 9.13 Å². The Balaban J connectivity index is 0.876. The molecule has 15 rings (SSSR count). The second kappa shape index (κ2) is 17.7. The van der Waals surface area contributed by atoms with Crippen molar-refractivity contribution in [1.29, 1.82) is 0 Å². The zero-order valence-corrected chi connectivity index (χ0v) is 43.8. The van der Waals surface area contributed by atoms with E-state index in [4.69, 9.17) is 0 Å². The molecule has 76 heavy (non-hydrogen) atoms. The van der Waals surface area contributed by atoms with Gasteiger partial charge in [0.05, 0.1) is 22.1 Å². The molecule has 0 amide bonds. The fourth-order valence-corrected chi connectivity index (χ4v) is 23.4. The number of fused-ring (bicyclic) bond motifs is 9. The molecule has 2 nitrogen and oxygen atoms in total. The lowest BCUT2D eigenvalue weighted by Gasteiger charge is -2.34. The van der Waals surface area contributed by atoms with E-state index in [0.29, 0.717) is 0 Å². The summed E-state index contributed by atoms with van der Waals surface area (Å²) in [7, 11) is -5.33. The minimum atomic E-state index is -2.68. The first kappa shape index (κ1) is 44.2. The summed E-state index contributed by atoms with van der Waals surface area (Å²) in [6, 6.07) is 114. The average Bonchev–Trinajstić information content (AvgIpc) is 4.20. The van der Waals surface area contributed by atoms with Crippen molar-refractivity contribution in [3.8, 4) is 33.6 Å². The van der Waals surface area contributed by atoms with Crippen LogP contribution in [0.25, 0.3) is 77.2 Å². The van der Waals surface area contributed by atoms with Gasteiger partial charge in [0.1, 0.15) is 0 Å². The summed E-state index contributed by atoms with van der Waals surface area (Å²) in [5, 5.41) is 16.2. The van der Waals surface area contributed by atoms with Crippen LogP contribution < -0.4 is 41.5 Å². The second-order valence-corrected chi connectivity index (χ2v) is 27.8. The second-order valence-electron chi connectivity index (χ2n) is 20.3. The van der Waals surface area contributed by atoms with Crippen molar-refractivity contribution in [3.63, 3.8) is 0 Å². The summed E-state index contributed by atoms with van der Waals surface area (Å²) >= 11 is 0. The maximum Gasteiger partial charge on any atom is 0.180 e. The lowest BCUT2D eigenvalue weighted by Crippen LogP contribution is -2.74. The molecule has 1 aliphatic heterocycles. The van der Waals surface area contributed by atoms with E-state index < -0.39 is 16.1 Å². The minimum absolute atomic E-state index is 1.14. The van der Waals surface area contributed by atoms with Gasteiger partial charge >= 0.3 is 0 Å².